The summed E-state index contributed by atoms with van der Waals surface area (Å²) < 4.78 is 53.6. The van der Waals surface area contributed by atoms with Gasteiger partial charge in [-0.1, -0.05) is 6.07 Å². The Bertz CT molecular complexity index is 1060. The number of fused-ring (bicyclic) bond motifs is 1. The number of hydrogen-bond donors (Lipinski definition) is 1. The molecule has 1 aromatic heterocycles. The van der Waals surface area contributed by atoms with E-state index in [2.05, 4.69) is 4.98 Å². The van der Waals surface area contributed by atoms with Crippen molar-refractivity contribution in [3.8, 4) is 0 Å². The highest BCUT2D eigenvalue weighted by Crippen LogP contribution is 2.36. The Hall–Kier alpha value is -2.46. The average molecular weight is 468 g/mol. The first-order chi connectivity index (χ1) is 15.0. The molecule has 1 N–H and O–H groups in total. The van der Waals surface area contributed by atoms with Crippen LogP contribution in [0.25, 0.3) is 0 Å². The number of aryl methyl sites for hydroxylation is 1. The highest BCUT2D eigenvalue weighted by atomic mass is 32.2. The molecule has 0 spiro atoms. The number of aliphatic carboxylic acids is 1. The van der Waals surface area contributed by atoms with Crippen molar-refractivity contribution in [1.29, 1.82) is 0 Å². The lowest BCUT2D eigenvalue weighted by Gasteiger charge is -2.47. The average Bonchev–Trinajstić information content (AvgIpc) is 3.15. The van der Waals surface area contributed by atoms with Crippen molar-refractivity contribution < 1.29 is 27.3 Å². The number of nitrogens with zero attached hydrogens (tertiary/aromatic N) is 3. The molecular formula is C22H24F3N3O3S. The summed E-state index contributed by atoms with van der Waals surface area (Å²) in [6, 6.07) is 7.78. The first-order valence-electron chi connectivity index (χ1n) is 10.3. The van der Waals surface area contributed by atoms with Gasteiger partial charge in [0.2, 0.25) is 0 Å². The third-order valence-corrected chi connectivity index (χ3v) is 7.59. The van der Waals surface area contributed by atoms with Crippen LogP contribution in [0.5, 0.6) is 0 Å². The summed E-state index contributed by atoms with van der Waals surface area (Å²) in [6.45, 7) is 5.14. The lowest BCUT2D eigenvalue weighted by molar-refractivity contribution is -0.139. The number of alkyl halides is 3. The molecule has 2 aliphatic rings. The number of rotatable bonds is 4. The minimum Gasteiger partial charge on any atom is -0.481 e. The maximum Gasteiger partial charge on any atom is 0.417 e. The van der Waals surface area contributed by atoms with Crippen molar-refractivity contribution in [3.05, 3.63) is 53.2 Å². The molecule has 2 unspecified atom stereocenters. The number of pyridine rings is 1. The van der Waals surface area contributed by atoms with Crippen LogP contribution in [0, 0.1) is 0 Å². The van der Waals surface area contributed by atoms with E-state index in [0.717, 1.165) is 23.4 Å². The number of halogens is 3. The molecule has 2 atom stereocenters. The lowest BCUT2D eigenvalue weighted by atomic mass is 10.00. The standard InChI is InChI=1S/C22H24F3N3O3S/c1-21(2)13-27(9-10-28(21)19-8-5-15(12-26-19)22(23,24)25)32(31)16-6-3-14-4-7-17(20(29)30)18(14)11-16/h3,5-6,8,11-12,17H,4,7,9-10,13H2,1-2H3,(H,29,30). The van der Waals surface area contributed by atoms with Gasteiger partial charge >= 0.3 is 12.1 Å². The SMILES string of the molecule is CC1(C)CN(S(=O)c2ccc3c(c2)C(C(=O)O)CC3)CCN1c1ccc(C(F)(F)F)cn1. The first-order valence-corrected chi connectivity index (χ1v) is 11.4. The second-order valence-corrected chi connectivity index (χ2v) is 10.3. The van der Waals surface area contributed by atoms with Gasteiger partial charge in [-0.15, -0.1) is 0 Å². The molecule has 2 heterocycles. The van der Waals surface area contributed by atoms with Crippen LogP contribution in [-0.4, -0.2) is 49.7 Å². The molecule has 1 aromatic carbocycles. The molecule has 0 amide bonds. The maximum absolute atomic E-state index is 13.3. The molecular weight excluding hydrogens is 443 g/mol. The van der Waals surface area contributed by atoms with Gasteiger partial charge in [0, 0.05) is 31.4 Å². The smallest absolute Gasteiger partial charge is 0.417 e. The fraction of sp³-hybridized carbons (Fsp3) is 0.455. The molecule has 1 aliphatic carbocycles. The summed E-state index contributed by atoms with van der Waals surface area (Å²) >= 11 is 0. The number of carboxylic acids is 1. The second-order valence-electron chi connectivity index (χ2n) is 8.77. The monoisotopic (exact) mass is 467 g/mol. The Balaban J connectivity index is 1.51. The zero-order chi connectivity index (χ0) is 23.3. The van der Waals surface area contributed by atoms with Gasteiger partial charge in [0.15, 0.2) is 0 Å². The zero-order valence-electron chi connectivity index (χ0n) is 17.7. The Kier molecular flexibility index (Phi) is 5.79. The van der Waals surface area contributed by atoms with E-state index in [0.29, 0.717) is 43.2 Å². The van der Waals surface area contributed by atoms with Crippen LogP contribution in [0.2, 0.25) is 0 Å². The molecule has 0 saturated carbocycles. The van der Waals surface area contributed by atoms with Crippen molar-refractivity contribution in [3.63, 3.8) is 0 Å². The van der Waals surface area contributed by atoms with Crippen LogP contribution in [0.15, 0.2) is 41.4 Å². The number of hydrogen-bond acceptors (Lipinski definition) is 4. The number of piperazine rings is 1. The van der Waals surface area contributed by atoms with E-state index >= 15 is 0 Å². The van der Waals surface area contributed by atoms with Gasteiger partial charge in [-0.25, -0.2) is 13.5 Å². The van der Waals surface area contributed by atoms with Crippen LogP contribution in [0.1, 0.15) is 42.9 Å². The van der Waals surface area contributed by atoms with Crippen LogP contribution in [0.4, 0.5) is 19.0 Å². The van der Waals surface area contributed by atoms with Crippen molar-refractivity contribution in [2.75, 3.05) is 24.5 Å². The van der Waals surface area contributed by atoms with Gasteiger partial charge in [0.05, 0.1) is 16.4 Å². The number of carboxylic acid groups (broad SMARTS) is 1. The number of benzene rings is 1. The van der Waals surface area contributed by atoms with Crippen LogP contribution in [0.3, 0.4) is 0 Å². The van der Waals surface area contributed by atoms with Crippen molar-refractivity contribution in [2.24, 2.45) is 0 Å². The minimum absolute atomic E-state index is 0.405. The van der Waals surface area contributed by atoms with E-state index in [1.807, 2.05) is 29.1 Å². The predicted octanol–water partition coefficient (Wildman–Crippen LogP) is 3.84. The fourth-order valence-corrected chi connectivity index (χ4v) is 5.88. The normalized spacial score (nSPS) is 21.9. The van der Waals surface area contributed by atoms with Gasteiger partial charge in [-0.05, 0) is 62.1 Å². The summed E-state index contributed by atoms with van der Waals surface area (Å²) in [6.07, 6.45) is -2.36. The number of carbonyl (C=O) groups is 1. The van der Waals surface area contributed by atoms with Crippen LogP contribution >= 0.6 is 0 Å². The van der Waals surface area contributed by atoms with Crippen molar-refractivity contribution >= 4 is 22.8 Å². The van der Waals surface area contributed by atoms with Crippen molar-refractivity contribution in [2.45, 2.75) is 49.2 Å². The Morgan fingerprint density at radius 3 is 2.56 bits per heavy atom. The highest BCUT2D eigenvalue weighted by Gasteiger charge is 2.38. The predicted molar refractivity (Wildman–Crippen MR) is 114 cm³/mol. The van der Waals surface area contributed by atoms with Gasteiger partial charge in [-0.3, -0.25) is 4.79 Å². The third-order valence-electron chi connectivity index (χ3n) is 6.15. The second kappa shape index (κ2) is 8.15. The molecule has 6 nitrogen and oxygen atoms in total. The fourth-order valence-electron chi connectivity index (χ4n) is 4.48. The third kappa shape index (κ3) is 4.25. The summed E-state index contributed by atoms with van der Waals surface area (Å²) in [4.78, 5) is 18.0. The van der Waals surface area contributed by atoms with Gasteiger partial charge in [0.25, 0.3) is 0 Å². The summed E-state index contributed by atoms with van der Waals surface area (Å²) in [5.41, 5.74) is 0.392. The molecule has 2 aromatic rings. The summed E-state index contributed by atoms with van der Waals surface area (Å²) in [5.74, 6) is -0.998. The largest absolute Gasteiger partial charge is 0.481 e. The quantitative estimate of drug-likeness (QED) is 0.740. The maximum atomic E-state index is 13.3. The molecule has 4 rings (SSSR count). The molecule has 1 aliphatic heterocycles. The summed E-state index contributed by atoms with van der Waals surface area (Å²) in [5, 5.41) is 9.45. The van der Waals surface area contributed by atoms with E-state index in [1.54, 1.807) is 12.1 Å². The van der Waals surface area contributed by atoms with Crippen LogP contribution in [-0.2, 0) is 28.4 Å². The van der Waals surface area contributed by atoms with E-state index in [-0.39, 0.29) is 0 Å². The van der Waals surface area contributed by atoms with Gasteiger partial charge < -0.3 is 10.0 Å². The van der Waals surface area contributed by atoms with E-state index in [9.17, 15) is 27.3 Å². The van der Waals surface area contributed by atoms with E-state index in [1.165, 1.54) is 6.07 Å². The Morgan fingerprint density at radius 1 is 1.22 bits per heavy atom. The molecule has 1 fully saturated rings. The van der Waals surface area contributed by atoms with Gasteiger partial charge in [0.1, 0.15) is 16.8 Å². The minimum atomic E-state index is -4.44. The molecule has 0 bridgehead atoms. The van der Waals surface area contributed by atoms with Crippen LogP contribution < -0.4 is 4.90 Å². The molecule has 172 valence electrons. The number of anilines is 1. The Labute approximate surface area is 186 Å². The first kappa shape index (κ1) is 22.7. The van der Waals surface area contributed by atoms with Crippen molar-refractivity contribution in [1.82, 2.24) is 9.29 Å². The van der Waals surface area contributed by atoms with E-state index in [4.69, 9.17) is 0 Å². The number of aromatic nitrogens is 1. The molecule has 0 radical (unpaired) electrons. The topological polar surface area (TPSA) is 73.7 Å². The highest BCUT2D eigenvalue weighted by molar-refractivity contribution is 7.82. The zero-order valence-corrected chi connectivity index (χ0v) is 18.5. The molecule has 32 heavy (non-hydrogen) atoms. The lowest BCUT2D eigenvalue weighted by Crippen LogP contribution is -2.60. The Morgan fingerprint density at radius 2 is 1.97 bits per heavy atom. The summed E-state index contributed by atoms with van der Waals surface area (Å²) in [7, 11) is -1.48. The molecule has 1 saturated heterocycles. The van der Waals surface area contributed by atoms with Gasteiger partial charge in [-0.2, -0.15) is 13.2 Å². The van der Waals surface area contributed by atoms with E-state index < -0.39 is 40.2 Å². The molecule has 10 heteroatoms.